The van der Waals surface area contributed by atoms with Gasteiger partial charge in [0, 0.05) is 18.9 Å². The maximum atomic E-state index is 11.8. The van der Waals surface area contributed by atoms with Crippen LogP contribution < -0.4 is 9.47 Å². The van der Waals surface area contributed by atoms with Crippen molar-refractivity contribution in [2.24, 2.45) is 0 Å². The quantitative estimate of drug-likeness (QED) is 0.529. The van der Waals surface area contributed by atoms with Crippen LogP contribution in [0.25, 0.3) is 0 Å². The van der Waals surface area contributed by atoms with Crippen molar-refractivity contribution in [3.05, 3.63) is 16.3 Å². The van der Waals surface area contributed by atoms with Crippen LogP contribution in [0, 0.1) is 0 Å². The molecule has 2 rings (SSSR count). The van der Waals surface area contributed by atoms with E-state index >= 15 is 0 Å². The van der Waals surface area contributed by atoms with Gasteiger partial charge in [-0.15, -0.1) is 10.2 Å². The summed E-state index contributed by atoms with van der Waals surface area (Å²) in [5, 5.41) is 14.6. The molecule has 1 N–H and O–H groups in total. The lowest BCUT2D eigenvalue weighted by Crippen LogP contribution is -2.00. The summed E-state index contributed by atoms with van der Waals surface area (Å²) in [5.41, 5.74) is 1.00. The van der Waals surface area contributed by atoms with E-state index in [1.165, 1.54) is 11.3 Å². The summed E-state index contributed by atoms with van der Waals surface area (Å²) < 4.78 is 11.3. The monoisotopic (exact) mass is 338 g/mol. The van der Waals surface area contributed by atoms with Gasteiger partial charge in [-0.1, -0.05) is 29.9 Å². The van der Waals surface area contributed by atoms with E-state index in [2.05, 4.69) is 27.5 Å². The SMILES string of the molecule is CCCc1c(OCCCCc2nn[nH]n2)sc(C(C)=O)c1OC. The number of nitrogens with zero attached hydrogens (tertiary/aromatic N) is 3. The molecule has 0 bridgehead atoms. The van der Waals surface area contributed by atoms with Crippen molar-refractivity contribution >= 4 is 17.1 Å². The van der Waals surface area contributed by atoms with Gasteiger partial charge in [0.2, 0.25) is 0 Å². The topological polar surface area (TPSA) is 90.0 Å². The normalized spacial score (nSPS) is 10.7. The molecule has 2 aromatic rings. The Hall–Kier alpha value is -1.96. The number of carbonyl (C=O) groups excluding carboxylic acids is 1. The zero-order valence-electron chi connectivity index (χ0n) is 13.7. The minimum absolute atomic E-state index is 0.0103. The largest absolute Gasteiger partial charge is 0.495 e. The third-order valence-corrected chi connectivity index (χ3v) is 4.59. The van der Waals surface area contributed by atoms with E-state index in [9.17, 15) is 4.79 Å². The van der Waals surface area contributed by atoms with Gasteiger partial charge >= 0.3 is 0 Å². The molecule has 0 spiro atoms. The number of ketones is 1. The van der Waals surface area contributed by atoms with Crippen molar-refractivity contribution in [1.82, 2.24) is 20.6 Å². The predicted octanol–water partition coefficient (Wildman–Crippen LogP) is 2.83. The molecule has 0 aromatic carbocycles. The second-order valence-corrected chi connectivity index (χ2v) is 6.15. The third-order valence-electron chi connectivity index (χ3n) is 3.36. The lowest BCUT2D eigenvalue weighted by molar-refractivity contribution is 0.101. The van der Waals surface area contributed by atoms with Crippen molar-refractivity contribution < 1.29 is 14.3 Å². The number of Topliss-reactive ketones (excluding diaryl/α,β-unsaturated/α-hetero) is 1. The Morgan fingerprint density at radius 1 is 1.30 bits per heavy atom. The Balaban J connectivity index is 1.93. The first kappa shape index (κ1) is 17.4. The number of tetrazole rings is 1. The van der Waals surface area contributed by atoms with Gasteiger partial charge in [-0.05, 0) is 19.3 Å². The lowest BCUT2D eigenvalue weighted by Gasteiger charge is -2.07. The average molecular weight is 338 g/mol. The molecule has 0 unspecified atom stereocenters. The van der Waals surface area contributed by atoms with Crippen LogP contribution in [-0.4, -0.2) is 40.1 Å². The molecule has 2 heterocycles. The van der Waals surface area contributed by atoms with Crippen LogP contribution in [0.15, 0.2) is 0 Å². The Labute approximate surface area is 139 Å². The second kappa shape index (κ2) is 8.61. The van der Waals surface area contributed by atoms with Gasteiger partial charge in [-0.25, -0.2) is 0 Å². The molecule has 23 heavy (non-hydrogen) atoms. The van der Waals surface area contributed by atoms with Gasteiger partial charge in [0.25, 0.3) is 0 Å². The second-order valence-electron chi connectivity index (χ2n) is 5.17. The van der Waals surface area contributed by atoms with Gasteiger partial charge in [0.05, 0.1) is 13.7 Å². The van der Waals surface area contributed by atoms with Crippen molar-refractivity contribution in [2.45, 2.75) is 46.0 Å². The fraction of sp³-hybridized carbons (Fsp3) is 0.600. The smallest absolute Gasteiger partial charge is 0.181 e. The first-order valence-corrected chi connectivity index (χ1v) is 8.54. The number of thiophene rings is 1. The van der Waals surface area contributed by atoms with Crippen molar-refractivity contribution in [1.29, 1.82) is 0 Å². The fourth-order valence-electron chi connectivity index (χ4n) is 2.30. The molecule has 0 fully saturated rings. The van der Waals surface area contributed by atoms with Gasteiger partial charge in [0.1, 0.15) is 10.6 Å². The summed E-state index contributed by atoms with van der Waals surface area (Å²) in [6, 6.07) is 0. The van der Waals surface area contributed by atoms with Crippen LogP contribution in [0.3, 0.4) is 0 Å². The Bertz CT molecular complexity index is 625. The van der Waals surface area contributed by atoms with Gasteiger partial charge < -0.3 is 9.47 Å². The first-order valence-electron chi connectivity index (χ1n) is 7.73. The molecule has 126 valence electrons. The Morgan fingerprint density at radius 2 is 2.13 bits per heavy atom. The summed E-state index contributed by atoms with van der Waals surface area (Å²) in [5.74, 6) is 1.40. The number of methoxy groups -OCH3 is 1. The number of carbonyl (C=O) groups is 1. The molecular weight excluding hydrogens is 316 g/mol. The number of aromatic amines is 1. The number of H-pyrrole nitrogens is 1. The zero-order valence-corrected chi connectivity index (χ0v) is 14.5. The summed E-state index contributed by atoms with van der Waals surface area (Å²) >= 11 is 1.38. The fourth-order valence-corrected chi connectivity index (χ4v) is 3.39. The highest BCUT2D eigenvalue weighted by Crippen LogP contribution is 2.42. The van der Waals surface area contributed by atoms with Crippen LogP contribution in [0.2, 0.25) is 0 Å². The van der Waals surface area contributed by atoms with E-state index < -0.39 is 0 Å². The molecule has 7 nitrogen and oxygen atoms in total. The van der Waals surface area contributed by atoms with E-state index in [0.29, 0.717) is 23.1 Å². The molecule has 0 aliphatic rings. The summed E-state index contributed by atoms with van der Waals surface area (Å²) in [6.07, 6.45) is 4.39. The van der Waals surface area contributed by atoms with E-state index in [1.807, 2.05) is 0 Å². The maximum absolute atomic E-state index is 11.8. The van der Waals surface area contributed by atoms with Crippen LogP contribution in [0.1, 0.15) is 54.2 Å². The molecular formula is C15H22N4O3S. The number of aromatic nitrogens is 4. The summed E-state index contributed by atoms with van der Waals surface area (Å²) in [7, 11) is 1.60. The number of unbranched alkanes of at least 4 members (excludes halogenated alkanes) is 1. The van der Waals surface area contributed by atoms with E-state index in [1.54, 1.807) is 14.0 Å². The van der Waals surface area contributed by atoms with E-state index in [4.69, 9.17) is 9.47 Å². The molecule has 8 heteroatoms. The highest BCUT2D eigenvalue weighted by Gasteiger charge is 2.22. The molecule has 0 radical (unpaired) electrons. The highest BCUT2D eigenvalue weighted by molar-refractivity contribution is 7.16. The van der Waals surface area contributed by atoms with Crippen molar-refractivity contribution in [3.8, 4) is 10.8 Å². The molecule has 0 saturated carbocycles. The number of nitrogens with one attached hydrogen (secondary N) is 1. The van der Waals surface area contributed by atoms with Crippen LogP contribution >= 0.6 is 11.3 Å². The van der Waals surface area contributed by atoms with Gasteiger partial charge in [-0.3, -0.25) is 4.79 Å². The lowest BCUT2D eigenvalue weighted by atomic mass is 10.1. The van der Waals surface area contributed by atoms with Gasteiger partial charge in [-0.2, -0.15) is 5.21 Å². The standard InChI is InChI=1S/C15H22N4O3S/c1-4-7-11-13(21-3)14(10(2)20)23-15(11)22-9-6-5-8-12-16-18-19-17-12/h4-9H2,1-3H3,(H,16,17,18,19). The molecule has 0 aliphatic heterocycles. The molecule has 0 saturated heterocycles. The predicted molar refractivity (Wildman–Crippen MR) is 87.5 cm³/mol. The van der Waals surface area contributed by atoms with E-state index in [-0.39, 0.29) is 5.78 Å². The number of ether oxygens (including phenoxy) is 2. The molecule has 0 aliphatic carbocycles. The summed E-state index contributed by atoms with van der Waals surface area (Å²) in [4.78, 5) is 12.4. The molecule has 2 aromatic heterocycles. The molecule has 0 amide bonds. The van der Waals surface area contributed by atoms with Crippen LogP contribution in [0.5, 0.6) is 10.8 Å². The third kappa shape index (κ3) is 4.51. The highest BCUT2D eigenvalue weighted by atomic mass is 32.1. The van der Waals surface area contributed by atoms with Crippen molar-refractivity contribution in [2.75, 3.05) is 13.7 Å². The minimum atomic E-state index is 0.0103. The van der Waals surface area contributed by atoms with Gasteiger partial charge in [0.15, 0.2) is 16.7 Å². The Morgan fingerprint density at radius 3 is 2.74 bits per heavy atom. The minimum Gasteiger partial charge on any atom is -0.495 e. The van der Waals surface area contributed by atoms with Crippen LogP contribution in [-0.2, 0) is 12.8 Å². The Kier molecular flexibility index (Phi) is 6.52. The number of hydrogen-bond acceptors (Lipinski definition) is 7. The zero-order chi connectivity index (χ0) is 16.7. The summed E-state index contributed by atoms with van der Waals surface area (Å²) in [6.45, 7) is 4.24. The number of aryl methyl sites for hydroxylation is 1. The average Bonchev–Trinajstić information content (AvgIpc) is 3.15. The van der Waals surface area contributed by atoms with E-state index in [0.717, 1.165) is 42.7 Å². The molecule has 0 atom stereocenters. The van der Waals surface area contributed by atoms with Crippen LogP contribution in [0.4, 0.5) is 0 Å². The number of hydrogen-bond donors (Lipinski definition) is 1. The first-order chi connectivity index (χ1) is 11.2. The van der Waals surface area contributed by atoms with Crippen molar-refractivity contribution in [3.63, 3.8) is 0 Å². The maximum Gasteiger partial charge on any atom is 0.181 e. The number of rotatable bonds is 10.